The van der Waals surface area contributed by atoms with Crippen LogP contribution in [-0.4, -0.2) is 24.5 Å². The van der Waals surface area contributed by atoms with Crippen molar-refractivity contribution in [1.82, 2.24) is 14.7 Å². The van der Waals surface area contributed by atoms with E-state index < -0.39 is 10.0 Å². The van der Waals surface area contributed by atoms with Gasteiger partial charge in [0.2, 0.25) is 10.0 Å². The molecule has 0 bridgehead atoms. The maximum atomic E-state index is 12.4. The van der Waals surface area contributed by atoms with Crippen LogP contribution >= 0.6 is 11.3 Å². The first-order valence-corrected chi connectivity index (χ1v) is 9.87. The number of rotatable bonds is 6. The van der Waals surface area contributed by atoms with Crippen molar-refractivity contribution < 1.29 is 13.2 Å². The Morgan fingerprint density at radius 2 is 2.00 bits per heavy atom. The zero-order valence-electron chi connectivity index (χ0n) is 13.6. The van der Waals surface area contributed by atoms with Crippen molar-refractivity contribution in [3.63, 3.8) is 0 Å². The minimum Gasteiger partial charge on any atom is -0.491 e. The largest absolute Gasteiger partial charge is 0.491 e. The van der Waals surface area contributed by atoms with Crippen LogP contribution in [0.25, 0.3) is 10.2 Å². The van der Waals surface area contributed by atoms with Crippen LogP contribution in [0, 0.1) is 0 Å². The summed E-state index contributed by atoms with van der Waals surface area (Å²) in [4.78, 5) is 19.7. The molecule has 0 amide bonds. The standard InChI is InChI=1S/C16H17N3O4S2/c1-10(2)23-11-3-5-13(6-4-11)25(21,22)19-8-12-7-14-15(20)17-9-18-16(14)24-12/h3-7,9-10,19H,8H2,1-2H3,(H,17,18,20). The summed E-state index contributed by atoms with van der Waals surface area (Å²) in [5.41, 5.74) is -0.240. The maximum Gasteiger partial charge on any atom is 0.259 e. The third kappa shape index (κ3) is 4.06. The van der Waals surface area contributed by atoms with E-state index in [9.17, 15) is 13.2 Å². The number of hydrogen-bond acceptors (Lipinski definition) is 6. The van der Waals surface area contributed by atoms with Gasteiger partial charge in [0.25, 0.3) is 5.56 Å². The summed E-state index contributed by atoms with van der Waals surface area (Å²) in [6.45, 7) is 3.89. The Balaban J connectivity index is 1.74. The molecule has 25 heavy (non-hydrogen) atoms. The average molecular weight is 379 g/mol. The number of thiophene rings is 1. The third-order valence-electron chi connectivity index (χ3n) is 3.33. The molecule has 0 fully saturated rings. The Hall–Kier alpha value is -2.23. The molecular weight excluding hydrogens is 362 g/mol. The number of sulfonamides is 1. The fourth-order valence-corrected chi connectivity index (χ4v) is 4.26. The summed E-state index contributed by atoms with van der Waals surface area (Å²) < 4.78 is 32.8. The Kier molecular flexibility index (Phi) is 4.89. The van der Waals surface area contributed by atoms with E-state index in [-0.39, 0.29) is 23.1 Å². The predicted octanol–water partition coefficient (Wildman–Crippen LogP) is 2.25. The van der Waals surface area contributed by atoms with E-state index in [1.165, 1.54) is 29.8 Å². The second-order valence-corrected chi connectivity index (χ2v) is 8.51. The van der Waals surface area contributed by atoms with Crippen LogP contribution in [0.15, 0.2) is 46.3 Å². The molecule has 9 heteroatoms. The molecule has 0 saturated carbocycles. The molecule has 0 saturated heterocycles. The second-order valence-electron chi connectivity index (χ2n) is 5.63. The lowest BCUT2D eigenvalue weighted by Gasteiger charge is -2.10. The number of H-pyrrole nitrogens is 1. The number of benzene rings is 1. The third-order valence-corrected chi connectivity index (χ3v) is 5.79. The van der Waals surface area contributed by atoms with Gasteiger partial charge < -0.3 is 9.72 Å². The van der Waals surface area contributed by atoms with Gasteiger partial charge in [0.1, 0.15) is 10.6 Å². The Labute approximate surface area is 148 Å². The van der Waals surface area contributed by atoms with Crippen molar-refractivity contribution in [2.75, 3.05) is 0 Å². The first-order chi connectivity index (χ1) is 11.8. The fourth-order valence-electron chi connectivity index (χ4n) is 2.22. The minimum atomic E-state index is -3.66. The zero-order chi connectivity index (χ0) is 18.0. The molecule has 2 aromatic heterocycles. The molecule has 0 atom stereocenters. The molecule has 0 aliphatic heterocycles. The monoisotopic (exact) mass is 379 g/mol. The van der Waals surface area contributed by atoms with Crippen molar-refractivity contribution in [3.8, 4) is 5.75 Å². The lowest BCUT2D eigenvalue weighted by atomic mass is 10.3. The van der Waals surface area contributed by atoms with Crippen LogP contribution in [0.2, 0.25) is 0 Å². The summed E-state index contributed by atoms with van der Waals surface area (Å²) >= 11 is 1.28. The molecule has 3 aromatic rings. The maximum absolute atomic E-state index is 12.4. The molecule has 1 aromatic carbocycles. The van der Waals surface area contributed by atoms with Crippen molar-refractivity contribution in [1.29, 1.82) is 0 Å². The molecule has 7 nitrogen and oxygen atoms in total. The van der Waals surface area contributed by atoms with Gasteiger partial charge >= 0.3 is 0 Å². The van der Waals surface area contributed by atoms with E-state index in [0.29, 0.717) is 20.8 Å². The van der Waals surface area contributed by atoms with Gasteiger partial charge in [0.05, 0.1) is 22.7 Å². The van der Waals surface area contributed by atoms with Crippen LogP contribution in [0.1, 0.15) is 18.7 Å². The second kappa shape index (κ2) is 6.95. The fraction of sp³-hybridized carbons (Fsp3) is 0.250. The normalized spacial score (nSPS) is 12.0. The van der Waals surface area contributed by atoms with Crippen LogP contribution in [-0.2, 0) is 16.6 Å². The van der Waals surface area contributed by atoms with Gasteiger partial charge in [0, 0.05) is 11.4 Å². The van der Waals surface area contributed by atoms with Crippen molar-refractivity contribution >= 4 is 31.6 Å². The lowest BCUT2D eigenvalue weighted by Crippen LogP contribution is -2.22. The molecule has 3 rings (SSSR count). The minimum absolute atomic E-state index is 0.0188. The van der Waals surface area contributed by atoms with Gasteiger partial charge in [-0.3, -0.25) is 4.79 Å². The number of nitrogens with one attached hydrogen (secondary N) is 2. The number of ether oxygens (including phenoxy) is 1. The quantitative estimate of drug-likeness (QED) is 0.684. The molecule has 0 radical (unpaired) electrons. The molecule has 2 heterocycles. The van der Waals surface area contributed by atoms with Crippen LogP contribution in [0.3, 0.4) is 0 Å². The number of hydrogen-bond donors (Lipinski definition) is 2. The Morgan fingerprint density at radius 3 is 2.64 bits per heavy atom. The van der Waals surface area contributed by atoms with Crippen LogP contribution in [0.4, 0.5) is 0 Å². The topological polar surface area (TPSA) is 101 Å². The van der Waals surface area contributed by atoms with E-state index in [0.717, 1.165) is 0 Å². The van der Waals surface area contributed by atoms with Gasteiger partial charge in [-0.2, -0.15) is 0 Å². The summed E-state index contributed by atoms with van der Waals surface area (Å²) in [5, 5.41) is 0.455. The van der Waals surface area contributed by atoms with Gasteiger partial charge in [-0.25, -0.2) is 18.1 Å². The number of nitrogens with zero attached hydrogens (tertiary/aromatic N) is 1. The SMILES string of the molecule is CC(C)Oc1ccc(S(=O)(=O)NCc2cc3c(=O)[nH]cnc3s2)cc1. The lowest BCUT2D eigenvalue weighted by molar-refractivity contribution is 0.242. The average Bonchev–Trinajstić information content (AvgIpc) is 2.98. The summed E-state index contributed by atoms with van der Waals surface area (Å²) in [6.07, 6.45) is 1.35. The molecule has 0 spiro atoms. The van der Waals surface area contributed by atoms with Crippen molar-refractivity contribution in [3.05, 3.63) is 51.9 Å². The van der Waals surface area contributed by atoms with Crippen LogP contribution < -0.4 is 15.0 Å². The van der Waals surface area contributed by atoms with E-state index in [4.69, 9.17) is 4.74 Å². The first kappa shape index (κ1) is 17.6. The van der Waals surface area contributed by atoms with Crippen molar-refractivity contribution in [2.24, 2.45) is 0 Å². The Bertz CT molecular complexity index is 1040. The number of aromatic nitrogens is 2. The molecule has 0 aliphatic carbocycles. The highest BCUT2D eigenvalue weighted by atomic mass is 32.2. The summed E-state index contributed by atoms with van der Waals surface area (Å²) in [6, 6.07) is 7.89. The zero-order valence-corrected chi connectivity index (χ0v) is 15.3. The van der Waals surface area contributed by atoms with Crippen molar-refractivity contribution in [2.45, 2.75) is 31.4 Å². The number of aromatic amines is 1. The highest BCUT2D eigenvalue weighted by Gasteiger charge is 2.15. The van der Waals surface area contributed by atoms with Gasteiger partial charge in [-0.05, 0) is 44.2 Å². The van der Waals surface area contributed by atoms with E-state index in [1.54, 1.807) is 18.2 Å². The van der Waals surface area contributed by atoms with E-state index >= 15 is 0 Å². The molecule has 0 unspecified atom stereocenters. The highest BCUT2D eigenvalue weighted by Crippen LogP contribution is 2.21. The van der Waals surface area contributed by atoms with E-state index in [2.05, 4.69) is 14.7 Å². The van der Waals surface area contributed by atoms with Gasteiger partial charge in [-0.15, -0.1) is 11.3 Å². The van der Waals surface area contributed by atoms with E-state index in [1.807, 2.05) is 13.8 Å². The first-order valence-electron chi connectivity index (χ1n) is 7.57. The molecule has 0 aliphatic rings. The predicted molar refractivity (Wildman–Crippen MR) is 96.5 cm³/mol. The summed E-state index contributed by atoms with van der Waals surface area (Å²) in [5.74, 6) is 0.615. The molecule has 2 N–H and O–H groups in total. The Morgan fingerprint density at radius 1 is 1.28 bits per heavy atom. The molecular formula is C16H17N3O4S2. The summed E-state index contributed by atoms with van der Waals surface area (Å²) in [7, 11) is -3.66. The van der Waals surface area contributed by atoms with Crippen LogP contribution in [0.5, 0.6) is 5.75 Å². The van der Waals surface area contributed by atoms with Gasteiger partial charge in [0.15, 0.2) is 0 Å². The number of fused-ring (bicyclic) bond motifs is 1. The van der Waals surface area contributed by atoms with Gasteiger partial charge in [-0.1, -0.05) is 0 Å². The smallest absolute Gasteiger partial charge is 0.259 e. The highest BCUT2D eigenvalue weighted by molar-refractivity contribution is 7.89. The molecule has 132 valence electrons.